The van der Waals surface area contributed by atoms with E-state index in [1.54, 1.807) is 0 Å². The van der Waals surface area contributed by atoms with Crippen LogP contribution in [0.5, 0.6) is 0 Å². The van der Waals surface area contributed by atoms with E-state index in [9.17, 15) is 0 Å². The van der Waals surface area contributed by atoms with Gasteiger partial charge in [0.25, 0.3) is 0 Å². The predicted octanol–water partition coefficient (Wildman–Crippen LogP) is 2.05. The van der Waals surface area contributed by atoms with Gasteiger partial charge >= 0.3 is 0 Å². The zero-order valence-corrected chi connectivity index (χ0v) is 10.5. The molecule has 2 rings (SSSR count). The minimum atomic E-state index is 0.653. The summed E-state index contributed by atoms with van der Waals surface area (Å²) in [5.74, 6) is 0. The molecular formula is C14H19N3. The van der Waals surface area contributed by atoms with E-state index in [2.05, 4.69) is 47.8 Å². The minimum absolute atomic E-state index is 0.653. The summed E-state index contributed by atoms with van der Waals surface area (Å²) >= 11 is 0. The van der Waals surface area contributed by atoms with Crippen LogP contribution in [0.15, 0.2) is 30.7 Å². The van der Waals surface area contributed by atoms with E-state index in [0.717, 1.165) is 18.7 Å². The van der Waals surface area contributed by atoms with Crippen LogP contribution in [0, 0.1) is 13.8 Å². The van der Waals surface area contributed by atoms with Crippen molar-refractivity contribution in [1.29, 1.82) is 0 Å². The summed E-state index contributed by atoms with van der Waals surface area (Å²) in [6.45, 7) is 5.84. The molecule has 2 N–H and O–H groups in total. The van der Waals surface area contributed by atoms with Crippen LogP contribution in [0.3, 0.4) is 0 Å². The van der Waals surface area contributed by atoms with Gasteiger partial charge < -0.3 is 10.3 Å². The molecule has 0 amide bonds. The van der Waals surface area contributed by atoms with Gasteiger partial charge in [0, 0.05) is 19.2 Å². The van der Waals surface area contributed by atoms with Gasteiger partial charge in [-0.25, -0.2) is 4.98 Å². The SMILES string of the molecule is Cc1cccc(C)c1Cn1cnc(CCN)c1. The van der Waals surface area contributed by atoms with Crippen LogP contribution < -0.4 is 5.73 Å². The van der Waals surface area contributed by atoms with E-state index < -0.39 is 0 Å². The first-order chi connectivity index (χ1) is 8.20. The Bertz CT molecular complexity index is 480. The molecule has 3 heteroatoms. The quantitative estimate of drug-likeness (QED) is 0.872. The molecule has 0 fully saturated rings. The van der Waals surface area contributed by atoms with Gasteiger partial charge in [0.15, 0.2) is 0 Å². The average molecular weight is 229 g/mol. The monoisotopic (exact) mass is 229 g/mol. The molecule has 0 aliphatic rings. The standard InChI is InChI=1S/C14H19N3/c1-11-4-3-5-12(2)14(11)9-17-8-13(6-7-15)16-10-17/h3-5,8,10H,6-7,9,15H2,1-2H3. The van der Waals surface area contributed by atoms with Crippen molar-refractivity contribution in [2.45, 2.75) is 26.8 Å². The third kappa shape index (κ3) is 2.74. The number of aryl methyl sites for hydroxylation is 2. The lowest BCUT2D eigenvalue weighted by Gasteiger charge is -2.09. The molecule has 0 radical (unpaired) electrons. The van der Waals surface area contributed by atoms with Crippen molar-refractivity contribution >= 4 is 0 Å². The summed E-state index contributed by atoms with van der Waals surface area (Å²) in [7, 11) is 0. The Labute approximate surface area is 102 Å². The fourth-order valence-electron chi connectivity index (χ4n) is 2.05. The van der Waals surface area contributed by atoms with Gasteiger partial charge in [-0.05, 0) is 37.1 Å². The summed E-state index contributed by atoms with van der Waals surface area (Å²) in [6, 6.07) is 6.40. The van der Waals surface area contributed by atoms with Crippen LogP contribution in [0.25, 0.3) is 0 Å². The van der Waals surface area contributed by atoms with Gasteiger partial charge in [-0.2, -0.15) is 0 Å². The van der Waals surface area contributed by atoms with Crippen molar-refractivity contribution in [3.63, 3.8) is 0 Å². The first-order valence-electron chi connectivity index (χ1n) is 5.96. The number of imidazole rings is 1. The summed E-state index contributed by atoms with van der Waals surface area (Å²) in [5.41, 5.74) is 10.6. The molecule has 1 aromatic carbocycles. The zero-order chi connectivity index (χ0) is 12.3. The number of nitrogens with zero attached hydrogens (tertiary/aromatic N) is 2. The fraction of sp³-hybridized carbons (Fsp3) is 0.357. The van der Waals surface area contributed by atoms with Gasteiger partial charge in [-0.3, -0.25) is 0 Å². The van der Waals surface area contributed by atoms with E-state index in [0.29, 0.717) is 6.54 Å². The number of aromatic nitrogens is 2. The molecule has 0 aliphatic carbocycles. The van der Waals surface area contributed by atoms with E-state index in [1.165, 1.54) is 16.7 Å². The summed E-state index contributed by atoms with van der Waals surface area (Å²) in [6.07, 6.45) is 4.81. The first kappa shape index (κ1) is 11.9. The third-order valence-corrected chi connectivity index (χ3v) is 3.07. The molecule has 0 spiro atoms. The van der Waals surface area contributed by atoms with Gasteiger partial charge in [0.1, 0.15) is 0 Å². The Balaban J connectivity index is 2.19. The minimum Gasteiger partial charge on any atom is -0.333 e. The van der Waals surface area contributed by atoms with E-state index in [1.807, 2.05) is 6.33 Å². The second-order valence-corrected chi connectivity index (χ2v) is 4.45. The molecule has 0 aliphatic heterocycles. The Morgan fingerprint density at radius 3 is 2.59 bits per heavy atom. The topological polar surface area (TPSA) is 43.8 Å². The fourth-order valence-corrected chi connectivity index (χ4v) is 2.05. The van der Waals surface area contributed by atoms with E-state index >= 15 is 0 Å². The number of hydrogen-bond donors (Lipinski definition) is 1. The Kier molecular flexibility index (Phi) is 3.59. The molecular weight excluding hydrogens is 210 g/mol. The second kappa shape index (κ2) is 5.15. The molecule has 0 saturated heterocycles. The predicted molar refractivity (Wildman–Crippen MR) is 70.0 cm³/mol. The third-order valence-electron chi connectivity index (χ3n) is 3.07. The van der Waals surface area contributed by atoms with Crippen LogP contribution in [0.1, 0.15) is 22.4 Å². The zero-order valence-electron chi connectivity index (χ0n) is 10.5. The highest BCUT2D eigenvalue weighted by Gasteiger charge is 2.04. The van der Waals surface area contributed by atoms with Crippen molar-refractivity contribution in [3.8, 4) is 0 Å². The molecule has 0 bridgehead atoms. The first-order valence-corrected chi connectivity index (χ1v) is 5.96. The maximum absolute atomic E-state index is 5.52. The van der Waals surface area contributed by atoms with Gasteiger partial charge in [0.05, 0.1) is 12.0 Å². The summed E-state index contributed by atoms with van der Waals surface area (Å²) < 4.78 is 2.13. The normalized spacial score (nSPS) is 10.8. The number of rotatable bonds is 4. The molecule has 90 valence electrons. The molecule has 1 aromatic heterocycles. The number of benzene rings is 1. The van der Waals surface area contributed by atoms with Crippen molar-refractivity contribution < 1.29 is 0 Å². The summed E-state index contributed by atoms with van der Waals surface area (Å²) in [4.78, 5) is 4.34. The number of hydrogen-bond acceptors (Lipinski definition) is 2. The van der Waals surface area contributed by atoms with E-state index in [4.69, 9.17) is 5.73 Å². The molecule has 2 aromatic rings. The van der Waals surface area contributed by atoms with Crippen molar-refractivity contribution in [2.24, 2.45) is 5.73 Å². The average Bonchev–Trinajstić information content (AvgIpc) is 2.72. The molecule has 0 atom stereocenters. The maximum Gasteiger partial charge on any atom is 0.0952 e. The van der Waals surface area contributed by atoms with Crippen LogP contribution in [-0.4, -0.2) is 16.1 Å². The summed E-state index contributed by atoms with van der Waals surface area (Å²) in [5, 5.41) is 0. The smallest absolute Gasteiger partial charge is 0.0952 e. The highest BCUT2D eigenvalue weighted by molar-refractivity contribution is 5.33. The lowest BCUT2D eigenvalue weighted by molar-refractivity contribution is 0.785. The molecule has 0 saturated carbocycles. The highest BCUT2D eigenvalue weighted by atomic mass is 15.0. The van der Waals surface area contributed by atoms with Crippen LogP contribution in [-0.2, 0) is 13.0 Å². The van der Waals surface area contributed by atoms with Crippen LogP contribution in [0.4, 0.5) is 0 Å². The van der Waals surface area contributed by atoms with Crippen molar-refractivity contribution in [3.05, 3.63) is 53.1 Å². The molecule has 1 heterocycles. The largest absolute Gasteiger partial charge is 0.333 e. The van der Waals surface area contributed by atoms with E-state index in [-0.39, 0.29) is 0 Å². The molecule has 17 heavy (non-hydrogen) atoms. The Morgan fingerprint density at radius 2 is 1.94 bits per heavy atom. The van der Waals surface area contributed by atoms with Gasteiger partial charge in [-0.1, -0.05) is 18.2 Å². The highest BCUT2D eigenvalue weighted by Crippen LogP contribution is 2.15. The lowest BCUT2D eigenvalue weighted by Crippen LogP contribution is -2.03. The molecule has 3 nitrogen and oxygen atoms in total. The maximum atomic E-state index is 5.52. The second-order valence-electron chi connectivity index (χ2n) is 4.45. The Morgan fingerprint density at radius 1 is 1.24 bits per heavy atom. The van der Waals surface area contributed by atoms with Crippen LogP contribution >= 0.6 is 0 Å². The Hall–Kier alpha value is -1.61. The number of nitrogens with two attached hydrogens (primary N) is 1. The lowest BCUT2D eigenvalue weighted by atomic mass is 10.0. The van der Waals surface area contributed by atoms with Crippen molar-refractivity contribution in [2.75, 3.05) is 6.54 Å². The molecule has 0 unspecified atom stereocenters. The van der Waals surface area contributed by atoms with Crippen LogP contribution in [0.2, 0.25) is 0 Å². The van der Waals surface area contributed by atoms with Gasteiger partial charge in [-0.15, -0.1) is 0 Å². The van der Waals surface area contributed by atoms with Crippen molar-refractivity contribution in [1.82, 2.24) is 9.55 Å². The van der Waals surface area contributed by atoms with Gasteiger partial charge in [0.2, 0.25) is 0 Å².